The van der Waals surface area contributed by atoms with E-state index in [-0.39, 0.29) is 6.04 Å². The Morgan fingerprint density at radius 3 is 2.24 bits per heavy atom. The molecule has 0 spiro atoms. The maximum atomic E-state index is 11.7. The lowest BCUT2D eigenvalue weighted by Gasteiger charge is -2.28. The first-order valence-corrected chi connectivity index (χ1v) is 7.67. The van der Waals surface area contributed by atoms with Crippen molar-refractivity contribution in [2.75, 3.05) is 11.9 Å². The van der Waals surface area contributed by atoms with E-state index in [0.29, 0.717) is 30.1 Å². The molecule has 0 fully saturated rings. The Kier molecular flexibility index (Phi) is 6.12. The number of carbonyl (C=O) groups is 1. The number of carboxylic acid groups (broad SMARTS) is 1. The number of aromatic nitrogens is 2. The molecule has 0 bridgehead atoms. The Bertz CT molecular complexity index is 501. The van der Waals surface area contributed by atoms with Crippen LogP contribution in [0.3, 0.4) is 0 Å². The molecule has 118 valence electrons. The lowest BCUT2D eigenvalue weighted by molar-refractivity contribution is 0.0695. The summed E-state index contributed by atoms with van der Waals surface area (Å²) in [6.45, 7) is 10.3. The quantitative estimate of drug-likeness (QED) is 0.836. The molecule has 1 atom stereocenters. The molecule has 1 unspecified atom stereocenters. The minimum atomic E-state index is -0.921. The largest absolute Gasteiger partial charge is 0.478 e. The number of hydrogen-bond donors (Lipinski definition) is 1. The summed E-state index contributed by atoms with van der Waals surface area (Å²) in [5.74, 6) is 0.101. The van der Waals surface area contributed by atoms with Crippen LogP contribution in [0.4, 0.5) is 5.82 Å². The predicted octanol–water partition coefficient (Wildman–Crippen LogP) is 3.17. The van der Waals surface area contributed by atoms with Crippen molar-refractivity contribution in [2.45, 2.75) is 59.9 Å². The van der Waals surface area contributed by atoms with Crippen LogP contribution in [0.5, 0.6) is 0 Å². The van der Waals surface area contributed by atoms with Gasteiger partial charge in [0, 0.05) is 13.1 Å². The summed E-state index contributed by atoms with van der Waals surface area (Å²) in [5.41, 5.74) is 1.89. The fourth-order valence-electron chi connectivity index (χ4n) is 2.68. The van der Waals surface area contributed by atoms with E-state index in [1.54, 1.807) is 0 Å². The van der Waals surface area contributed by atoms with Gasteiger partial charge in [-0.15, -0.1) is 5.10 Å². The van der Waals surface area contributed by atoms with E-state index < -0.39 is 5.97 Å². The Balaban J connectivity index is 3.32. The molecule has 0 aliphatic carbocycles. The molecule has 0 saturated heterocycles. The lowest BCUT2D eigenvalue weighted by atomic mass is 10.0. The molecular formula is C16H27N3O2. The van der Waals surface area contributed by atoms with Crippen molar-refractivity contribution in [1.82, 2.24) is 10.2 Å². The summed E-state index contributed by atoms with van der Waals surface area (Å²) in [6.07, 6.45) is 2.33. The van der Waals surface area contributed by atoms with Gasteiger partial charge in [0.2, 0.25) is 0 Å². The molecular weight excluding hydrogens is 266 g/mol. The summed E-state index contributed by atoms with van der Waals surface area (Å²) in [7, 11) is 1.90. The number of carboxylic acids is 1. The van der Waals surface area contributed by atoms with Gasteiger partial charge in [-0.05, 0) is 37.7 Å². The third kappa shape index (κ3) is 3.93. The predicted molar refractivity (Wildman–Crippen MR) is 85.1 cm³/mol. The van der Waals surface area contributed by atoms with Gasteiger partial charge < -0.3 is 10.0 Å². The van der Waals surface area contributed by atoms with Gasteiger partial charge in [0.15, 0.2) is 5.82 Å². The molecule has 1 aromatic heterocycles. The van der Waals surface area contributed by atoms with E-state index in [9.17, 15) is 9.90 Å². The molecule has 1 heterocycles. The van der Waals surface area contributed by atoms with E-state index in [0.717, 1.165) is 17.7 Å². The molecule has 0 aliphatic heterocycles. The van der Waals surface area contributed by atoms with Crippen molar-refractivity contribution in [3.63, 3.8) is 0 Å². The molecule has 5 nitrogen and oxygen atoms in total. The highest BCUT2D eigenvalue weighted by atomic mass is 16.4. The lowest BCUT2D eigenvalue weighted by Crippen LogP contribution is -2.33. The summed E-state index contributed by atoms with van der Waals surface area (Å²) < 4.78 is 0. The fraction of sp³-hybridized carbons (Fsp3) is 0.688. The van der Waals surface area contributed by atoms with Crippen LogP contribution in [0.25, 0.3) is 0 Å². The molecule has 1 aromatic rings. The standard InChI is InChI=1S/C16H27N3O2/c1-7-12-13(8-2)17-18-15(14(12)16(20)21)19(6)11(5)9-10(3)4/h10-11H,7-9H2,1-6H3,(H,20,21). The zero-order chi connectivity index (χ0) is 16.2. The highest BCUT2D eigenvalue weighted by Crippen LogP contribution is 2.26. The van der Waals surface area contributed by atoms with Crippen molar-refractivity contribution in [2.24, 2.45) is 5.92 Å². The Hall–Kier alpha value is -1.65. The van der Waals surface area contributed by atoms with Crippen LogP contribution < -0.4 is 4.90 Å². The van der Waals surface area contributed by atoms with Crippen LogP contribution in [-0.4, -0.2) is 34.4 Å². The third-order valence-corrected chi connectivity index (χ3v) is 3.85. The van der Waals surface area contributed by atoms with E-state index in [2.05, 4.69) is 31.0 Å². The van der Waals surface area contributed by atoms with Gasteiger partial charge in [-0.2, -0.15) is 5.10 Å². The van der Waals surface area contributed by atoms with Gasteiger partial charge in [0.05, 0.1) is 5.69 Å². The van der Waals surface area contributed by atoms with Crippen molar-refractivity contribution in [1.29, 1.82) is 0 Å². The summed E-state index contributed by atoms with van der Waals surface area (Å²) in [5, 5.41) is 18.1. The van der Waals surface area contributed by atoms with E-state index in [1.165, 1.54) is 0 Å². The van der Waals surface area contributed by atoms with Crippen LogP contribution in [0, 0.1) is 5.92 Å². The second kappa shape index (κ2) is 7.38. The minimum absolute atomic E-state index is 0.217. The Morgan fingerprint density at radius 2 is 1.81 bits per heavy atom. The molecule has 1 rings (SSSR count). The molecule has 0 radical (unpaired) electrons. The second-order valence-electron chi connectivity index (χ2n) is 5.93. The van der Waals surface area contributed by atoms with Crippen molar-refractivity contribution in [3.05, 3.63) is 16.8 Å². The van der Waals surface area contributed by atoms with Crippen molar-refractivity contribution < 1.29 is 9.90 Å². The number of hydrogen-bond acceptors (Lipinski definition) is 4. The topological polar surface area (TPSA) is 66.3 Å². The number of aryl methyl sites for hydroxylation is 1. The van der Waals surface area contributed by atoms with Gasteiger partial charge in [0.25, 0.3) is 0 Å². The van der Waals surface area contributed by atoms with Gasteiger partial charge in [-0.3, -0.25) is 0 Å². The molecule has 5 heteroatoms. The molecule has 0 saturated carbocycles. The van der Waals surface area contributed by atoms with Crippen LogP contribution in [0.1, 0.15) is 62.7 Å². The number of rotatable bonds is 7. The van der Waals surface area contributed by atoms with E-state index >= 15 is 0 Å². The smallest absolute Gasteiger partial charge is 0.339 e. The normalized spacial score (nSPS) is 12.5. The molecule has 0 aliphatic rings. The SMILES string of the molecule is CCc1nnc(N(C)C(C)CC(C)C)c(C(=O)O)c1CC. The maximum absolute atomic E-state index is 11.7. The Morgan fingerprint density at radius 1 is 1.19 bits per heavy atom. The highest BCUT2D eigenvalue weighted by Gasteiger charge is 2.25. The van der Waals surface area contributed by atoms with Gasteiger partial charge >= 0.3 is 5.97 Å². The zero-order valence-electron chi connectivity index (χ0n) is 14.0. The van der Waals surface area contributed by atoms with E-state index in [4.69, 9.17) is 0 Å². The first-order valence-electron chi connectivity index (χ1n) is 7.67. The van der Waals surface area contributed by atoms with Crippen LogP contribution in [0.2, 0.25) is 0 Å². The van der Waals surface area contributed by atoms with Crippen LogP contribution in [0.15, 0.2) is 0 Å². The molecule has 1 N–H and O–H groups in total. The first kappa shape index (κ1) is 17.4. The summed E-state index contributed by atoms with van der Waals surface area (Å²) >= 11 is 0. The molecule has 0 amide bonds. The van der Waals surface area contributed by atoms with Crippen LogP contribution in [-0.2, 0) is 12.8 Å². The third-order valence-electron chi connectivity index (χ3n) is 3.85. The maximum Gasteiger partial charge on any atom is 0.339 e. The highest BCUT2D eigenvalue weighted by molar-refractivity contribution is 5.95. The van der Waals surface area contributed by atoms with Gasteiger partial charge in [0.1, 0.15) is 5.56 Å². The number of aromatic carboxylic acids is 1. The van der Waals surface area contributed by atoms with Crippen molar-refractivity contribution >= 4 is 11.8 Å². The fourth-order valence-corrected chi connectivity index (χ4v) is 2.68. The summed E-state index contributed by atoms with van der Waals surface area (Å²) in [4.78, 5) is 13.7. The van der Waals surface area contributed by atoms with Gasteiger partial charge in [-0.1, -0.05) is 27.7 Å². The molecule has 0 aromatic carbocycles. The summed E-state index contributed by atoms with van der Waals surface area (Å²) in [6, 6.07) is 0.217. The van der Waals surface area contributed by atoms with Gasteiger partial charge in [-0.25, -0.2) is 4.79 Å². The average molecular weight is 293 g/mol. The Labute approximate surface area is 127 Å². The van der Waals surface area contributed by atoms with E-state index in [1.807, 2.05) is 25.8 Å². The monoisotopic (exact) mass is 293 g/mol. The zero-order valence-corrected chi connectivity index (χ0v) is 14.0. The average Bonchev–Trinajstić information content (AvgIpc) is 2.43. The second-order valence-corrected chi connectivity index (χ2v) is 5.93. The first-order chi connectivity index (χ1) is 9.83. The molecule has 21 heavy (non-hydrogen) atoms. The van der Waals surface area contributed by atoms with Crippen LogP contribution >= 0.6 is 0 Å². The minimum Gasteiger partial charge on any atom is -0.478 e. The number of nitrogens with zero attached hydrogens (tertiary/aromatic N) is 3. The van der Waals surface area contributed by atoms with Crippen molar-refractivity contribution in [3.8, 4) is 0 Å². The number of anilines is 1.